The molecule has 0 radical (unpaired) electrons. The fraction of sp³-hybridized carbons (Fsp3) is 0.214. The third-order valence-corrected chi connectivity index (χ3v) is 5.81. The lowest BCUT2D eigenvalue weighted by molar-refractivity contribution is -0.139. The molecule has 0 atom stereocenters. The highest BCUT2D eigenvalue weighted by Crippen LogP contribution is 2.50. The molecule has 0 aliphatic rings. The predicted molar refractivity (Wildman–Crippen MR) is 138 cm³/mol. The number of ether oxygens (including phenoxy) is 5. The number of halogens is 1. The van der Waals surface area contributed by atoms with Crippen LogP contribution < -0.4 is 23.7 Å². The molecule has 0 amide bonds. The lowest BCUT2D eigenvalue weighted by Crippen LogP contribution is -2.11. The fourth-order valence-corrected chi connectivity index (χ4v) is 4.16. The van der Waals surface area contributed by atoms with E-state index in [1.807, 2.05) is 24.3 Å². The van der Waals surface area contributed by atoms with Crippen molar-refractivity contribution in [1.82, 2.24) is 9.78 Å². The number of carboxylic acids is 1. The minimum atomic E-state index is -1.16. The second-order valence-corrected chi connectivity index (χ2v) is 8.10. The number of rotatable bonds is 11. The topological polar surface area (TPSA) is 101 Å². The van der Waals surface area contributed by atoms with Crippen LogP contribution in [0.3, 0.4) is 0 Å². The van der Waals surface area contributed by atoms with Crippen LogP contribution in [0, 0.1) is 5.82 Å². The number of carboxylic acid groups (broad SMARTS) is 1. The van der Waals surface area contributed by atoms with E-state index in [-0.39, 0.29) is 23.0 Å². The van der Waals surface area contributed by atoms with Crippen molar-refractivity contribution in [1.29, 1.82) is 0 Å². The second-order valence-electron chi connectivity index (χ2n) is 8.10. The number of methoxy groups -OCH3 is 4. The Morgan fingerprint density at radius 1 is 0.868 bits per heavy atom. The number of benzene rings is 3. The highest BCUT2D eigenvalue weighted by atomic mass is 19.1. The smallest absolute Gasteiger partial charge is 0.341 e. The molecule has 0 spiro atoms. The largest absolute Gasteiger partial charge is 0.496 e. The average Bonchev–Trinajstić information content (AvgIpc) is 3.34. The first-order valence-electron chi connectivity index (χ1n) is 11.5. The third kappa shape index (κ3) is 5.34. The first-order valence-corrected chi connectivity index (χ1v) is 11.5. The molecule has 0 aliphatic carbocycles. The molecule has 9 nitrogen and oxygen atoms in total. The zero-order valence-electron chi connectivity index (χ0n) is 21.4. The molecule has 0 saturated carbocycles. The molecule has 10 heteroatoms. The van der Waals surface area contributed by atoms with Gasteiger partial charge < -0.3 is 28.8 Å². The highest BCUT2D eigenvalue weighted by Gasteiger charge is 2.26. The van der Waals surface area contributed by atoms with Crippen molar-refractivity contribution in [2.45, 2.75) is 6.54 Å². The van der Waals surface area contributed by atoms with Crippen LogP contribution in [-0.2, 0) is 11.3 Å². The Labute approximate surface area is 218 Å². The Morgan fingerprint density at radius 2 is 1.61 bits per heavy atom. The lowest BCUT2D eigenvalue weighted by Gasteiger charge is -2.18. The Balaban J connectivity index is 1.96. The van der Waals surface area contributed by atoms with E-state index in [1.54, 1.807) is 30.0 Å². The van der Waals surface area contributed by atoms with Crippen LogP contribution in [0.5, 0.6) is 28.7 Å². The number of carbonyl (C=O) groups is 1. The molecule has 0 bridgehead atoms. The van der Waals surface area contributed by atoms with Gasteiger partial charge in [0.25, 0.3) is 0 Å². The van der Waals surface area contributed by atoms with Gasteiger partial charge in [0.15, 0.2) is 18.1 Å². The van der Waals surface area contributed by atoms with E-state index in [2.05, 4.69) is 0 Å². The van der Waals surface area contributed by atoms with Crippen molar-refractivity contribution >= 4 is 5.97 Å². The summed E-state index contributed by atoms with van der Waals surface area (Å²) in [4.78, 5) is 11.3. The first-order chi connectivity index (χ1) is 18.4. The van der Waals surface area contributed by atoms with Crippen LogP contribution in [0.25, 0.3) is 22.5 Å². The molecule has 0 aliphatic heterocycles. The second kappa shape index (κ2) is 11.5. The van der Waals surface area contributed by atoms with E-state index < -0.39 is 18.4 Å². The summed E-state index contributed by atoms with van der Waals surface area (Å²) < 4.78 is 43.7. The number of nitrogens with zero attached hydrogens (tertiary/aromatic N) is 2. The van der Waals surface area contributed by atoms with Gasteiger partial charge in [-0.25, -0.2) is 9.18 Å². The maximum absolute atomic E-state index is 14.2. The van der Waals surface area contributed by atoms with Crippen LogP contribution in [0.15, 0.2) is 60.7 Å². The molecule has 38 heavy (non-hydrogen) atoms. The van der Waals surface area contributed by atoms with Crippen LogP contribution in [0.4, 0.5) is 4.39 Å². The fourth-order valence-electron chi connectivity index (χ4n) is 4.16. The van der Waals surface area contributed by atoms with E-state index in [1.165, 1.54) is 39.5 Å². The van der Waals surface area contributed by atoms with Gasteiger partial charge in [-0.3, -0.25) is 4.68 Å². The van der Waals surface area contributed by atoms with Crippen molar-refractivity contribution in [3.63, 3.8) is 0 Å². The SMILES string of the molecule is COc1ccccc1Cn1nc(-c2c(OCC(=O)O)cc(OC)c(OC)c2OC)cc1-c1cccc(F)c1. The van der Waals surface area contributed by atoms with E-state index in [4.69, 9.17) is 28.8 Å². The zero-order chi connectivity index (χ0) is 27.2. The van der Waals surface area contributed by atoms with Gasteiger partial charge in [0.2, 0.25) is 5.75 Å². The molecule has 198 valence electrons. The minimum absolute atomic E-state index is 0.162. The van der Waals surface area contributed by atoms with E-state index in [9.17, 15) is 14.3 Å². The summed E-state index contributed by atoms with van der Waals surface area (Å²) in [5.74, 6) is 0.0696. The lowest BCUT2D eigenvalue weighted by atomic mass is 10.1. The average molecular weight is 523 g/mol. The van der Waals surface area contributed by atoms with Gasteiger partial charge in [-0.2, -0.15) is 5.10 Å². The quantitative estimate of drug-likeness (QED) is 0.297. The van der Waals surface area contributed by atoms with Gasteiger partial charge in [0.1, 0.15) is 23.0 Å². The molecular formula is C28H27FN2O7. The van der Waals surface area contributed by atoms with Crippen molar-refractivity contribution in [2.75, 3.05) is 35.0 Å². The Bertz CT molecular complexity index is 1450. The molecule has 4 aromatic rings. The van der Waals surface area contributed by atoms with Crippen LogP contribution in [0.2, 0.25) is 0 Å². The molecule has 3 aromatic carbocycles. The number of hydrogen-bond donors (Lipinski definition) is 1. The molecule has 0 fully saturated rings. The standard InChI is InChI=1S/C28H27FN2O7/c1-34-22-11-6-5-8-18(22)15-31-21(17-9-7-10-19(29)12-17)13-20(30-31)26-23(38-16-25(32)33)14-24(35-2)27(36-3)28(26)37-4/h5-14H,15-16H2,1-4H3,(H,32,33). The minimum Gasteiger partial charge on any atom is -0.496 e. The maximum Gasteiger partial charge on any atom is 0.341 e. The summed E-state index contributed by atoms with van der Waals surface area (Å²) in [6.07, 6.45) is 0. The number of aromatic nitrogens is 2. The summed E-state index contributed by atoms with van der Waals surface area (Å²) in [6.45, 7) is -0.304. The summed E-state index contributed by atoms with van der Waals surface area (Å²) in [5.41, 5.74) is 2.78. The van der Waals surface area contributed by atoms with Gasteiger partial charge in [0, 0.05) is 17.2 Å². The predicted octanol–water partition coefficient (Wildman–Crippen LogP) is 4.90. The summed E-state index contributed by atoms with van der Waals surface area (Å²) in [5, 5.41) is 14.1. The van der Waals surface area contributed by atoms with E-state index in [0.717, 1.165) is 5.56 Å². The van der Waals surface area contributed by atoms with Crippen LogP contribution in [-0.4, -0.2) is 55.9 Å². The highest BCUT2D eigenvalue weighted by molar-refractivity contribution is 5.83. The van der Waals surface area contributed by atoms with Gasteiger partial charge >= 0.3 is 5.97 Å². The van der Waals surface area contributed by atoms with Crippen LogP contribution in [0.1, 0.15) is 5.56 Å². The summed E-state index contributed by atoms with van der Waals surface area (Å²) >= 11 is 0. The Morgan fingerprint density at radius 3 is 2.26 bits per heavy atom. The number of hydrogen-bond acceptors (Lipinski definition) is 7. The Hall–Kier alpha value is -4.73. The zero-order valence-corrected chi connectivity index (χ0v) is 21.4. The van der Waals surface area contributed by atoms with Gasteiger partial charge in [-0.05, 0) is 24.3 Å². The monoisotopic (exact) mass is 522 g/mol. The molecule has 4 rings (SSSR count). The molecule has 0 unspecified atom stereocenters. The third-order valence-electron chi connectivity index (χ3n) is 5.81. The van der Waals surface area contributed by atoms with Gasteiger partial charge in [-0.1, -0.05) is 30.3 Å². The van der Waals surface area contributed by atoms with Gasteiger partial charge in [-0.15, -0.1) is 0 Å². The van der Waals surface area contributed by atoms with E-state index in [0.29, 0.717) is 34.8 Å². The normalized spacial score (nSPS) is 10.7. The van der Waals surface area contributed by atoms with Gasteiger partial charge in [0.05, 0.1) is 46.2 Å². The first kappa shape index (κ1) is 26.3. The molecule has 1 heterocycles. The molecule has 0 saturated heterocycles. The summed E-state index contributed by atoms with van der Waals surface area (Å²) in [7, 11) is 5.94. The van der Waals surface area contributed by atoms with E-state index >= 15 is 0 Å². The number of para-hydroxylation sites is 1. The Kier molecular flexibility index (Phi) is 8.00. The number of aliphatic carboxylic acids is 1. The van der Waals surface area contributed by atoms with Crippen molar-refractivity contribution in [2.24, 2.45) is 0 Å². The van der Waals surface area contributed by atoms with Crippen molar-refractivity contribution in [3.8, 4) is 51.3 Å². The van der Waals surface area contributed by atoms with Crippen LogP contribution >= 0.6 is 0 Å². The summed E-state index contributed by atoms with van der Waals surface area (Å²) in [6, 6.07) is 16.9. The maximum atomic E-state index is 14.2. The van der Waals surface area contributed by atoms with Crippen molar-refractivity contribution in [3.05, 3.63) is 72.0 Å². The molecule has 1 aromatic heterocycles. The molecular weight excluding hydrogens is 495 g/mol. The molecule has 1 N–H and O–H groups in total. The van der Waals surface area contributed by atoms with Crippen molar-refractivity contribution < 1.29 is 38.0 Å².